The summed E-state index contributed by atoms with van der Waals surface area (Å²) >= 11 is 0. The van der Waals surface area contributed by atoms with Crippen molar-refractivity contribution >= 4 is 116 Å². The van der Waals surface area contributed by atoms with Gasteiger partial charge in [-0.05, 0) is 286 Å². The van der Waals surface area contributed by atoms with Crippen molar-refractivity contribution in [2.24, 2.45) is 0 Å². The lowest BCUT2D eigenvalue weighted by Crippen LogP contribution is -2.34. The fourth-order valence-electron chi connectivity index (χ4n) is 18.4. The number of rotatable bonds is 16. The summed E-state index contributed by atoms with van der Waals surface area (Å²) in [5, 5.41) is 11.0. The van der Waals surface area contributed by atoms with Gasteiger partial charge in [0.2, 0.25) is 35.5 Å². The van der Waals surface area contributed by atoms with Gasteiger partial charge in [-0.3, -0.25) is 53.1 Å². The molecule has 0 radical (unpaired) electrons. The molecule has 145 heavy (non-hydrogen) atoms. The van der Waals surface area contributed by atoms with Gasteiger partial charge in [0, 0.05) is 88.4 Å². The van der Waals surface area contributed by atoms with Gasteiger partial charge in [-0.25, -0.2) is 44.7 Å². The number of aromatic nitrogens is 8. The maximum absolute atomic E-state index is 13.9. The van der Waals surface area contributed by atoms with Crippen LogP contribution in [0.3, 0.4) is 0 Å². The number of hydrogen-bond acceptors (Lipinski definition) is 16. The van der Waals surface area contributed by atoms with E-state index < -0.39 is 68.2 Å². The molecule has 8 amide bonds. The maximum Gasteiger partial charge on any atom is 0.418 e. The Morgan fingerprint density at radius 3 is 1.06 bits per heavy atom. The molecule has 0 atom stereocenters. The summed E-state index contributed by atoms with van der Waals surface area (Å²) in [6.45, 7) is 24.3. The number of alkyl halides is 6. The second-order valence-corrected chi connectivity index (χ2v) is 37.4. The van der Waals surface area contributed by atoms with Crippen LogP contribution in [0.15, 0.2) is 322 Å². The minimum Gasteiger partial charge on any atom is -0.322 e. The molecule has 0 fully saturated rings. The first-order valence-electron chi connectivity index (χ1n) is 46.3. The van der Waals surface area contributed by atoms with Crippen LogP contribution < -0.4 is 40.9 Å². The van der Waals surface area contributed by atoms with Crippen molar-refractivity contribution in [3.8, 4) is 44.6 Å². The summed E-state index contributed by atoms with van der Waals surface area (Å²) in [7, 11) is 0. The summed E-state index contributed by atoms with van der Waals surface area (Å²) in [6.07, 6.45) is 1.67. The van der Waals surface area contributed by atoms with Gasteiger partial charge in [0.05, 0.1) is 78.1 Å². The monoisotopic (exact) mass is 1940 g/mol. The standard InChI is InChI=1S/C30H27N3O2.C29H26N4O2.C28H22F3N5O2.C28H21F3N4O2/c1-19-11-15-22(16-12-19)32-28(34)24-18-21(14-13-20(24)2)23-8-7-9-25-27(23)30(3,4)29(35)33(25)26-10-5-6-17-31-26;1-18-11-13-21(14-12-18)32-27(34)23-16-20(17-31-19(23)2)22-8-7-9-24-26(22)29(3,4)28(35)33(24)25-10-5-6-15-30-25;1-16-8-10-17(11-9-16)34-24(37)23-19(28(29,30)31)12-13-20(35-23)18-6-4-7-21-22(18)27(2,3)25(38)36(21)26-32-14-5-15-33-26;1-27(2)23-19(10-6-11-22(23)35(25(27)37)26-32-14-7-15-33-26)17-12-13-21(28(29,30)31)20(16-17)24(36)34-18-8-4-3-5-9-18/h5-18H,1-4H3,(H,32,34);5-17H,1-4H3,(H,32,34);4-15H,1-3H3,(H,34,37);3-16H,1-2H3,(H,34,36). The van der Waals surface area contributed by atoms with E-state index in [0.29, 0.717) is 79.0 Å². The Labute approximate surface area is 831 Å². The minimum atomic E-state index is -4.80. The lowest BCUT2D eigenvalue weighted by atomic mass is 9.81. The van der Waals surface area contributed by atoms with Crippen molar-refractivity contribution in [3.63, 3.8) is 0 Å². The number of benzene rings is 10. The van der Waals surface area contributed by atoms with Crippen molar-refractivity contribution in [1.29, 1.82) is 0 Å². The normalized spacial score (nSPS) is 14.2. The van der Waals surface area contributed by atoms with E-state index in [1.165, 1.54) is 52.8 Å². The highest BCUT2D eigenvalue weighted by molar-refractivity contribution is 6.18. The number of anilines is 12. The molecule has 20 rings (SSSR count). The van der Waals surface area contributed by atoms with Crippen molar-refractivity contribution in [1.82, 2.24) is 39.9 Å². The van der Waals surface area contributed by atoms with Crippen molar-refractivity contribution in [2.75, 3.05) is 40.9 Å². The molecule has 0 saturated carbocycles. The summed E-state index contributed by atoms with van der Waals surface area (Å²) in [6, 6.07) is 79.9. The molecule has 30 heteroatoms. The molecule has 10 heterocycles. The number of halogens is 6. The Morgan fingerprint density at radius 1 is 0.297 bits per heavy atom. The number of carbonyl (C=O) groups excluding carboxylic acids is 8. The lowest BCUT2D eigenvalue weighted by molar-refractivity contribution is -0.138. The number of fused-ring (bicyclic) bond motifs is 4. The molecule has 0 bridgehead atoms. The number of pyridine rings is 4. The van der Waals surface area contributed by atoms with Gasteiger partial charge in [-0.1, -0.05) is 150 Å². The molecular formula is C115H96F6N16O8. The highest BCUT2D eigenvalue weighted by atomic mass is 19.4. The molecule has 24 nitrogen and oxygen atoms in total. The Balaban J connectivity index is 0.000000132. The maximum atomic E-state index is 13.9. The topological polar surface area (TPSA) is 301 Å². The molecule has 0 unspecified atom stereocenters. The van der Waals surface area contributed by atoms with Gasteiger partial charge in [-0.2, -0.15) is 26.3 Å². The van der Waals surface area contributed by atoms with E-state index in [2.05, 4.69) is 61.1 Å². The Kier molecular flexibility index (Phi) is 26.9. The zero-order valence-corrected chi connectivity index (χ0v) is 81.0. The SMILES string of the molecule is CC1(C)C(=O)N(c2ncccn2)c2cccc(-c3ccc(C(F)(F)F)c(C(=O)Nc4ccccc4)c3)c21.Cc1ccc(NC(=O)c2cc(-c3cccc4c3C(C)(C)C(=O)N4c3ccccn3)ccc2C)cc1.Cc1ccc(NC(=O)c2cc(-c3cccc4c3C(C)(C)C(=O)N4c3ccccn3)cnc2C)cc1.Cc1ccc(NC(=O)c2nc(-c3cccc4c3C(C)(C)C(=O)N4c3ncccn3)ccc2C(F)(F)F)cc1. The molecule has 726 valence electrons. The summed E-state index contributed by atoms with van der Waals surface area (Å²) < 4.78 is 83.3. The summed E-state index contributed by atoms with van der Waals surface area (Å²) in [5.74, 6) is -1.33. The number of carbonyl (C=O) groups is 8. The number of nitrogens with zero attached hydrogens (tertiary/aromatic N) is 12. The first-order valence-corrected chi connectivity index (χ1v) is 46.3. The molecule has 16 aromatic rings. The van der Waals surface area contributed by atoms with E-state index >= 15 is 0 Å². The Morgan fingerprint density at radius 2 is 0.634 bits per heavy atom. The predicted molar refractivity (Wildman–Crippen MR) is 548 cm³/mol. The van der Waals surface area contributed by atoms with Crippen LogP contribution >= 0.6 is 0 Å². The quantitative estimate of drug-likeness (QED) is 0.0654. The smallest absolute Gasteiger partial charge is 0.322 e. The molecule has 4 N–H and O–H groups in total. The third kappa shape index (κ3) is 19.5. The third-order valence-electron chi connectivity index (χ3n) is 25.8. The highest BCUT2D eigenvalue weighted by Gasteiger charge is 2.52. The van der Waals surface area contributed by atoms with Gasteiger partial charge in [0.25, 0.3) is 23.6 Å². The fraction of sp³-hybridized carbons (Fsp3) is 0.165. The Hall–Kier alpha value is -17.7. The van der Waals surface area contributed by atoms with Crippen LogP contribution in [-0.4, -0.2) is 87.1 Å². The zero-order chi connectivity index (χ0) is 103. The van der Waals surface area contributed by atoms with E-state index in [1.807, 2.05) is 208 Å². The van der Waals surface area contributed by atoms with Gasteiger partial charge in [-0.15, -0.1) is 0 Å². The van der Waals surface area contributed by atoms with Crippen LogP contribution in [0.4, 0.5) is 95.4 Å². The van der Waals surface area contributed by atoms with Gasteiger partial charge in [0.15, 0.2) is 0 Å². The van der Waals surface area contributed by atoms with E-state index in [1.54, 1.807) is 159 Å². The van der Waals surface area contributed by atoms with Gasteiger partial charge < -0.3 is 21.3 Å². The number of amides is 8. The molecule has 4 aliphatic rings. The first-order chi connectivity index (χ1) is 69.1. The van der Waals surface area contributed by atoms with Crippen LogP contribution in [0, 0.1) is 34.6 Å². The van der Waals surface area contributed by atoms with Crippen LogP contribution in [0.2, 0.25) is 0 Å². The lowest BCUT2D eigenvalue weighted by Gasteiger charge is -2.21. The number of para-hydroxylation sites is 1. The zero-order valence-electron chi connectivity index (χ0n) is 81.0. The van der Waals surface area contributed by atoms with Crippen molar-refractivity contribution in [2.45, 2.75) is 124 Å². The average molecular weight is 1940 g/mol. The number of nitrogens with one attached hydrogen (secondary N) is 4. The van der Waals surface area contributed by atoms with E-state index in [-0.39, 0.29) is 53.0 Å². The second kappa shape index (κ2) is 39.4. The third-order valence-corrected chi connectivity index (χ3v) is 25.8. The van der Waals surface area contributed by atoms with E-state index in [9.17, 15) is 64.7 Å². The largest absolute Gasteiger partial charge is 0.418 e. The van der Waals surface area contributed by atoms with Crippen molar-refractivity contribution in [3.05, 3.63) is 406 Å². The Bertz CT molecular complexity index is 7550. The first kappa shape index (κ1) is 98.9. The molecular weight excluding hydrogens is 1850 g/mol. The highest BCUT2D eigenvalue weighted by Crippen LogP contribution is 2.55. The molecule has 0 spiro atoms. The molecule has 10 aromatic carbocycles. The van der Waals surface area contributed by atoms with Crippen molar-refractivity contribution < 1.29 is 64.7 Å². The van der Waals surface area contributed by atoms with Gasteiger partial charge in [0.1, 0.15) is 17.3 Å². The molecule has 0 saturated heterocycles. The summed E-state index contributed by atoms with van der Waals surface area (Å²) in [4.78, 5) is 147. The predicted octanol–water partition coefficient (Wildman–Crippen LogP) is 25.0. The number of aryl methyl sites for hydroxylation is 5. The molecule has 6 aromatic heterocycles. The molecule has 4 aliphatic heterocycles. The number of hydrogen-bond donors (Lipinski definition) is 4. The average Bonchev–Trinajstić information content (AvgIpc) is 1.58. The van der Waals surface area contributed by atoms with Crippen LogP contribution in [-0.2, 0) is 53.2 Å². The van der Waals surface area contributed by atoms with Crippen LogP contribution in [0.25, 0.3) is 44.6 Å². The molecule has 0 aliphatic carbocycles. The van der Waals surface area contributed by atoms with Crippen LogP contribution in [0.1, 0.15) is 158 Å². The minimum absolute atomic E-state index is 0.0249. The van der Waals surface area contributed by atoms with Crippen LogP contribution in [0.5, 0.6) is 0 Å². The summed E-state index contributed by atoms with van der Waals surface area (Å²) in [5.41, 5.74) is 11.5. The van der Waals surface area contributed by atoms with E-state index in [0.717, 1.165) is 90.5 Å². The second-order valence-electron chi connectivity index (χ2n) is 37.4. The van der Waals surface area contributed by atoms with E-state index in [4.69, 9.17) is 0 Å². The van der Waals surface area contributed by atoms with Gasteiger partial charge >= 0.3 is 12.4 Å². The fourth-order valence-corrected chi connectivity index (χ4v) is 18.4.